The largest absolute Gasteiger partial charge is 0.481 e. The van der Waals surface area contributed by atoms with E-state index in [-0.39, 0.29) is 0 Å². The molecular weight excluding hydrogens is 392 g/mol. The van der Waals surface area contributed by atoms with Gasteiger partial charge in [-0.2, -0.15) is 14.1 Å². The smallest absolute Gasteiger partial charge is 0.387 e. The second kappa shape index (κ2) is 7.17. The molecule has 0 spiro atoms. The number of aliphatic hydroxyl groups is 2. The number of nitrogens with zero attached hydrogens (tertiary/aromatic N) is 2. The normalized spacial score (nSPS) is 29.5. The van der Waals surface area contributed by atoms with E-state index in [4.69, 9.17) is 19.4 Å². The molecule has 0 radical (unpaired) electrons. The first kappa shape index (κ1) is 20.1. The molecule has 142 valence electrons. The van der Waals surface area contributed by atoms with Gasteiger partial charge in [-0.1, -0.05) is 0 Å². The fourth-order valence-corrected chi connectivity index (χ4v) is 3.54. The molecule has 0 bridgehead atoms. The number of hydrogen-bond acceptors (Lipinski definition) is 10. The summed E-state index contributed by atoms with van der Waals surface area (Å²) < 4.78 is 35.3. The van der Waals surface area contributed by atoms with Crippen molar-refractivity contribution in [1.82, 2.24) is 14.8 Å². The van der Waals surface area contributed by atoms with Crippen LogP contribution in [0.3, 0.4) is 0 Å². The van der Waals surface area contributed by atoms with Crippen LogP contribution in [0.2, 0.25) is 0 Å². The highest BCUT2D eigenvalue weighted by atomic mass is 31.3. The van der Waals surface area contributed by atoms with E-state index in [2.05, 4.69) is 13.9 Å². The maximum absolute atomic E-state index is 11.6. The van der Waals surface area contributed by atoms with E-state index < -0.39 is 58.0 Å². The van der Waals surface area contributed by atoms with Crippen molar-refractivity contribution >= 4 is 15.6 Å². The molecule has 6 N–H and O–H groups in total. The lowest BCUT2D eigenvalue weighted by Crippen LogP contribution is -2.39. The van der Waals surface area contributed by atoms with Crippen LogP contribution in [0.5, 0.6) is 0 Å². The third kappa shape index (κ3) is 5.12. The summed E-state index contributed by atoms with van der Waals surface area (Å²) in [5.41, 5.74) is -1.87. The predicted octanol–water partition coefficient (Wildman–Crippen LogP) is -3.22. The molecule has 1 fully saturated rings. The van der Waals surface area contributed by atoms with E-state index in [1.165, 1.54) is 0 Å². The zero-order chi connectivity index (χ0) is 19.0. The van der Waals surface area contributed by atoms with E-state index in [0.717, 1.165) is 0 Å². The van der Waals surface area contributed by atoms with Crippen molar-refractivity contribution in [3.8, 4) is 0 Å². The Morgan fingerprint density at radius 1 is 1.24 bits per heavy atom. The number of phosphoric ester groups is 1. The lowest BCUT2D eigenvalue weighted by atomic mass is 10.1. The molecule has 25 heavy (non-hydrogen) atoms. The molecule has 0 amide bonds. The zero-order valence-electron chi connectivity index (χ0n) is 12.0. The summed E-state index contributed by atoms with van der Waals surface area (Å²) in [6.07, 6.45) is -5.79. The van der Waals surface area contributed by atoms with Gasteiger partial charge >= 0.3 is 21.3 Å². The summed E-state index contributed by atoms with van der Waals surface area (Å²) in [4.78, 5) is 50.5. The Morgan fingerprint density at radius 3 is 2.44 bits per heavy atom. The van der Waals surface area contributed by atoms with Gasteiger partial charge in [0, 0.05) is 0 Å². The van der Waals surface area contributed by atoms with Crippen LogP contribution in [0.4, 0.5) is 0 Å². The maximum atomic E-state index is 11.6. The van der Waals surface area contributed by atoms with Gasteiger partial charge in [0.1, 0.15) is 24.5 Å². The monoisotopic (exact) mass is 405 g/mol. The van der Waals surface area contributed by atoms with Gasteiger partial charge in [-0.3, -0.25) is 14.3 Å². The number of rotatable bonds is 6. The first-order chi connectivity index (χ1) is 11.4. The molecule has 2 heterocycles. The number of hydrogen-bond donors (Lipinski definition) is 6. The number of aromatic amines is 1. The Kier molecular flexibility index (Phi) is 5.75. The van der Waals surface area contributed by atoms with Crippen molar-refractivity contribution < 1.29 is 47.6 Å². The minimum atomic E-state index is -5.33. The molecule has 1 unspecified atom stereocenters. The average Bonchev–Trinajstić information content (AvgIpc) is 2.71. The molecule has 2 rings (SSSR count). The lowest BCUT2D eigenvalue weighted by molar-refractivity contribution is -0.0610. The summed E-state index contributed by atoms with van der Waals surface area (Å²) in [5, 5.41) is 23.1. The second-order valence-electron chi connectivity index (χ2n) is 4.77. The van der Waals surface area contributed by atoms with Crippen LogP contribution in [0.25, 0.3) is 0 Å². The van der Waals surface area contributed by atoms with E-state index in [9.17, 15) is 28.9 Å². The highest BCUT2D eigenvalue weighted by molar-refractivity contribution is 7.60. The Labute approximate surface area is 137 Å². The van der Waals surface area contributed by atoms with Crippen LogP contribution < -0.4 is 11.2 Å². The molecule has 17 heteroatoms. The molecular formula is C8H13N3O12P2. The molecule has 1 aliphatic heterocycles. The number of nitrogens with one attached hydrogen (secondary N) is 1. The van der Waals surface area contributed by atoms with E-state index in [1.54, 1.807) is 0 Å². The standard InChI is InChI=1S/C8H13N3O12P2/c12-4-1-9-11(8(15)10-4)7-6(14)5(13)3(22-7)2-21-25(19,20)23-24(16,17)18/h1,3,5-7,13-14H,2H2,(H,19,20)(H,10,12,15)(H2,16,17,18)/t3-,5-,6-,7-/m1/s1. The number of H-pyrrole nitrogens is 1. The highest BCUT2D eigenvalue weighted by Gasteiger charge is 2.46. The minimum Gasteiger partial charge on any atom is -0.387 e. The van der Waals surface area contributed by atoms with Gasteiger partial charge < -0.3 is 29.6 Å². The lowest BCUT2D eigenvalue weighted by Gasteiger charge is -2.17. The summed E-state index contributed by atoms with van der Waals surface area (Å²) in [5.74, 6) is 0. The van der Waals surface area contributed by atoms with Gasteiger partial charge in [-0.25, -0.2) is 13.9 Å². The van der Waals surface area contributed by atoms with E-state index >= 15 is 0 Å². The molecule has 0 aliphatic carbocycles. The van der Waals surface area contributed by atoms with Crippen molar-refractivity contribution in [2.75, 3.05) is 6.61 Å². The van der Waals surface area contributed by atoms with E-state index in [0.29, 0.717) is 10.9 Å². The molecule has 1 aliphatic rings. The van der Waals surface area contributed by atoms with Gasteiger partial charge in [-0.15, -0.1) is 0 Å². The fraction of sp³-hybridized carbons (Fsp3) is 0.625. The third-order valence-corrected chi connectivity index (χ3v) is 5.08. The molecule has 1 aromatic rings. The number of aromatic nitrogens is 3. The molecule has 0 aromatic carbocycles. The first-order valence-electron chi connectivity index (χ1n) is 6.33. The van der Waals surface area contributed by atoms with Gasteiger partial charge in [0.25, 0.3) is 5.56 Å². The van der Waals surface area contributed by atoms with Crippen molar-refractivity contribution in [1.29, 1.82) is 0 Å². The van der Waals surface area contributed by atoms with E-state index in [1.807, 2.05) is 4.98 Å². The molecule has 0 saturated carbocycles. The van der Waals surface area contributed by atoms with Crippen LogP contribution in [0, 0.1) is 0 Å². The van der Waals surface area contributed by atoms with Crippen LogP contribution in [0.15, 0.2) is 15.8 Å². The number of aliphatic hydroxyl groups excluding tert-OH is 2. The van der Waals surface area contributed by atoms with Crippen LogP contribution >= 0.6 is 15.6 Å². The van der Waals surface area contributed by atoms with Gasteiger partial charge in [0.2, 0.25) is 0 Å². The third-order valence-electron chi connectivity index (χ3n) is 2.93. The highest BCUT2D eigenvalue weighted by Crippen LogP contribution is 2.57. The molecule has 15 nitrogen and oxygen atoms in total. The summed E-state index contributed by atoms with van der Waals surface area (Å²) in [6, 6.07) is 0. The number of phosphoric acid groups is 2. The van der Waals surface area contributed by atoms with Crippen LogP contribution in [0.1, 0.15) is 6.23 Å². The molecule has 1 aromatic heterocycles. The maximum Gasteiger partial charge on any atom is 0.481 e. The minimum absolute atomic E-state index is 0.514. The van der Waals surface area contributed by atoms with Crippen molar-refractivity contribution in [3.63, 3.8) is 0 Å². The molecule has 1 saturated heterocycles. The second-order valence-corrected chi connectivity index (χ2v) is 7.60. The zero-order valence-corrected chi connectivity index (χ0v) is 13.8. The topological polar surface area (TPSA) is 231 Å². The SMILES string of the molecule is O=c1cnn([C@@H]2O[C@H](COP(=O)(O)OP(=O)(O)O)[C@@H](O)[C@H]2O)c(=O)[nH]1. The van der Waals surface area contributed by atoms with Gasteiger partial charge in [0.05, 0.1) is 6.61 Å². The Balaban J connectivity index is 2.09. The van der Waals surface area contributed by atoms with Crippen LogP contribution in [-0.4, -0.2) is 64.6 Å². The predicted molar refractivity (Wildman–Crippen MR) is 73.9 cm³/mol. The van der Waals surface area contributed by atoms with Crippen LogP contribution in [-0.2, 0) is 22.7 Å². The Hall–Kier alpha value is -1.25. The summed E-state index contributed by atoms with van der Waals surface area (Å²) in [7, 11) is -10.5. The Morgan fingerprint density at radius 2 is 1.88 bits per heavy atom. The molecule has 5 atom stereocenters. The van der Waals surface area contributed by atoms with Crippen molar-refractivity contribution in [2.24, 2.45) is 0 Å². The first-order valence-corrected chi connectivity index (χ1v) is 9.36. The fourth-order valence-electron chi connectivity index (χ4n) is 1.94. The quantitative estimate of drug-likeness (QED) is 0.256. The van der Waals surface area contributed by atoms with Crippen molar-refractivity contribution in [3.05, 3.63) is 27.0 Å². The van der Waals surface area contributed by atoms with Crippen molar-refractivity contribution in [2.45, 2.75) is 24.5 Å². The summed E-state index contributed by atoms with van der Waals surface area (Å²) in [6.45, 7) is -0.930. The van der Waals surface area contributed by atoms with Gasteiger partial charge in [-0.05, 0) is 0 Å². The number of ether oxygens (including phenoxy) is 1. The van der Waals surface area contributed by atoms with Gasteiger partial charge in [0.15, 0.2) is 6.23 Å². The summed E-state index contributed by atoms with van der Waals surface area (Å²) >= 11 is 0. The Bertz CT molecular complexity index is 830. The average molecular weight is 405 g/mol.